The van der Waals surface area contributed by atoms with E-state index in [4.69, 9.17) is 11.6 Å². The van der Waals surface area contributed by atoms with Crippen molar-refractivity contribution in [3.8, 4) is 0 Å². The van der Waals surface area contributed by atoms with Crippen LogP contribution in [0.15, 0.2) is 0 Å². The molecule has 0 aromatic rings. The van der Waals surface area contributed by atoms with Crippen molar-refractivity contribution in [3.05, 3.63) is 0 Å². The molecule has 1 fully saturated rings. The highest BCUT2D eigenvalue weighted by Gasteiger charge is 2.21. The van der Waals surface area contributed by atoms with E-state index in [1.807, 2.05) is 0 Å². The van der Waals surface area contributed by atoms with Gasteiger partial charge in [0.25, 0.3) is 0 Å². The lowest BCUT2D eigenvalue weighted by Gasteiger charge is -2.20. The van der Waals surface area contributed by atoms with Crippen LogP contribution in [0.2, 0.25) is 0 Å². The Bertz CT molecular complexity index is 123. The van der Waals surface area contributed by atoms with Crippen molar-refractivity contribution in [2.75, 3.05) is 25.5 Å². The van der Waals surface area contributed by atoms with E-state index in [2.05, 4.69) is 11.8 Å². The standard InChI is InChI=1S/C11H22ClN/c1-2-3-8-13(10-7-12)9-6-11-4-5-11/h11H,2-10H2,1H3. The molecular formula is C11H22ClN. The summed E-state index contributed by atoms with van der Waals surface area (Å²) in [6.45, 7) is 5.85. The van der Waals surface area contributed by atoms with Gasteiger partial charge in [0.2, 0.25) is 0 Å². The molecule has 0 aliphatic heterocycles. The zero-order valence-corrected chi connectivity index (χ0v) is 9.52. The Morgan fingerprint density at radius 3 is 2.54 bits per heavy atom. The Labute approximate surface area is 87.4 Å². The Morgan fingerprint density at radius 1 is 1.23 bits per heavy atom. The Hall–Kier alpha value is 0.250. The maximum absolute atomic E-state index is 5.76. The second-order valence-electron chi connectivity index (χ2n) is 4.12. The van der Waals surface area contributed by atoms with E-state index in [1.54, 1.807) is 0 Å². The Balaban J connectivity index is 2.03. The fourth-order valence-corrected chi connectivity index (χ4v) is 1.85. The van der Waals surface area contributed by atoms with Gasteiger partial charge >= 0.3 is 0 Å². The average molecular weight is 204 g/mol. The smallest absolute Gasteiger partial charge is 0.0351 e. The van der Waals surface area contributed by atoms with Crippen LogP contribution in [0.3, 0.4) is 0 Å². The second-order valence-corrected chi connectivity index (χ2v) is 4.49. The summed E-state index contributed by atoms with van der Waals surface area (Å²) in [7, 11) is 0. The number of rotatable bonds is 8. The molecular weight excluding hydrogens is 182 g/mol. The van der Waals surface area contributed by atoms with Gasteiger partial charge in [-0.25, -0.2) is 0 Å². The minimum Gasteiger partial charge on any atom is -0.302 e. The molecule has 0 aromatic carbocycles. The molecule has 0 amide bonds. The minimum absolute atomic E-state index is 0.786. The molecule has 0 spiro atoms. The third kappa shape index (κ3) is 5.53. The number of nitrogens with zero attached hydrogens (tertiary/aromatic N) is 1. The van der Waals surface area contributed by atoms with Crippen molar-refractivity contribution in [2.45, 2.75) is 39.0 Å². The summed E-state index contributed by atoms with van der Waals surface area (Å²) in [6.07, 6.45) is 6.97. The van der Waals surface area contributed by atoms with E-state index in [0.717, 1.165) is 18.3 Å². The zero-order chi connectivity index (χ0) is 9.52. The summed E-state index contributed by atoms with van der Waals surface area (Å²) < 4.78 is 0. The van der Waals surface area contributed by atoms with Crippen molar-refractivity contribution in [1.29, 1.82) is 0 Å². The third-order valence-corrected chi connectivity index (χ3v) is 2.95. The molecule has 0 atom stereocenters. The normalized spacial score (nSPS) is 16.8. The predicted molar refractivity (Wildman–Crippen MR) is 59.4 cm³/mol. The fourth-order valence-electron chi connectivity index (χ4n) is 1.61. The van der Waals surface area contributed by atoms with Gasteiger partial charge in [0.05, 0.1) is 0 Å². The van der Waals surface area contributed by atoms with Crippen LogP contribution in [0.5, 0.6) is 0 Å². The molecule has 0 unspecified atom stereocenters. The van der Waals surface area contributed by atoms with Gasteiger partial charge < -0.3 is 4.90 Å². The minimum atomic E-state index is 0.786. The number of halogens is 1. The van der Waals surface area contributed by atoms with Gasteiger partial charge in [-0.15, -0.1) is 11.6 Å². The maximum atomic E-state index is 5.76. The lowest BCUT2D eigenvalue weighted by molar-refractivity contribution is 0.276. The summed E-state index contributed by atoms with van der Waals surface area (Å²) in [4.78, 5) is 2.52. The fraction of sp³-hybridized carbons (Fsp3) is 1.00. The molecule has 0 N–H and O–H groups in total. The van der Waals surface area contributed by atoms with Crippen molar-refractivity contribution < 1.29 is 0 Å². The van der Waals surface area contributed by atoms with Crippen LogP contribution in [-0.4, -0.2) is 30.4 Å². The quantitative estimate of drug-likeness (QED) is 0.548. The molecule has 0 radical (unpaired) electrons. The first kappa shape index (κ1) is 11.3. The van der Waals surface area contributed by atoms with Crippen LogP contribution in [-0.2, 0) is 0 Å². The Kier molecular flexibility index (Phi) is 5.81. The molecule has 13 heavy (non-hydrogen) atoms. The monoisotopic (exact) mass is 203 g/mol. The van der Waals surface area contributed by atoms with Crippen molar-refractivity contribution >= 4 is 11.6 Å². The predicted octanol–water partition coefficient (Wildman–Crippen LogP) is 3.13. The summed E-state index contributed by atoms with van der Waals surface area (Å²) in [5, 5.41) is 0. The van der Waals surface area contributed by atoms with Crippen LogP contribution < -0.4 is 0 Å². The molecule has 1 saturated carbocycles. The zero-order valence-electron chi connectivity index (χ0n) is 8.77. The molecule has 1 aliphatic carbocycles. The topological polar surface area (TPSA) is 3.24 Å². The molecule has 1 aliphatic rings. The molecule has 0 bridgehead atoms. The lowest BCUT2D eigenvalue weighted by Crippen LogP contribution is -2.28. The van der Waals surface area contributed by atoms with Gasteiger partial charge in [-0.2, -0.15) is 0 Å². The molecule has 2 heteroatoms. The largest absolute Gasteiger partial charge is 0.302 e. The molecule has 1 rings (SSSR count). The lowest BCUT2D eigenvalue weighted by atomic mass is 10.2. The summed E-state index contributed by atoms with van der Waals surface area (Å²) in [6, 6.07) is 0. The first-order chi connectivity index (χ1) is 6.36. The molecule has 1 nitrogen and oxygen atoms in total. The van der Waals surface area contributed by atoms with E-state index in [9.17, 15) is 0 Å². The van der Waals surface area contributed by atoms with Crippen molar-refractivity contribution in [1.82, 2.24) is 4.90 Å². The SMILES string of the molecule is CCCCN(CCCl)CCC1CC1. The van der Waals surface area contributed by atoms with E-state index in [-0.39, 0.29) is 0 Å². The number of hydrogen-bond donors (Lipinski definition) is 0. The summed E-state index contributed by atoms with van der Waals surface area (Å²) in [5.41, 5.74) is 0. The number of unbranched alkanes of at least 4 members (excludes halogenated alkanes) is 1. The maximum Gasteiger partial charge on any atom is 0.0351 e. The molecule has 0 aromatic heterocycles. The van der Waals surface area contributed by atoms with Crippen molar-refractivity contribution in [3.63, 3.8) is 0 Å². The molecule has 0 saturated heterocycles. The van der Waals surface area contributed by atoms with E-state index < -0.39 is 0 Å². The van der Waals surface area contributed by atoms with Gasteiger partial charge in [0.15, 0.2) is 0 Å². The van der Waals surface area contributed by atoms with E-state index in [0.29, 0.717) is 0 Å². The van der Waals surface area contributed by atoms with Crippen LogP contribution in [0.4, 0.5) is 0 Å². The summed E-state index contributed by atoms with van der Waals surface area (Å²) >= 11 is 5.76. The highest BCUT2D eigenvalue weighted by molar-refractivity contribution is 6.18. The van der Waals surface area contributed by atoms with E-state index in [1.165, 1.54) is 45.2 Å². The highest BCUT2D eigenvalue weighted by atomic mass is 35.5. The first-order valence-electron chi connectivity index (χ1n) is 5.65. The van der Waals surface area contributed by atoms with Gasteiger partial charge in [-0.05, 0) is 31.8 Å². The first-order valence-corrected chi connectivity index (χ1v) is 6.18. The second kappa shape index (κ2) is 6.67. The number of alkyl halides is 1. The van der Waals surface area contributed by atoms with Crippen LogP contribution >= 0.6 is 11.6 Å². The molecule has 0 heterocycles. The van der Waals surface area contributed by atoms with Crippen LogP contribution in [0.25, 0.3) is 0 Å². The summed E-state index contributed by atoms with van der Waals surface area (Å²) in [5.74, 6) is 1.84. The van der Waals surface area contributed by atoms with E-state index >= 15 is 0 Å². The van der Waals surface area contributed by atoms with Gasteiger partial charge in [0, 0.05) is 12.4 Å². The van der Waals surface area contributed by atoms with Crippen LogP contribution in [0.1, 0.15) is 39.0 Å². The Morgan fingerprint density at radius 2 is 2.00 bits per heavy atom. The van der Waals surface area contributed by atoms with Gasteiger partial charge in [-0.1, -0.05) is 26.2 Å². The van der Waals surface area contributed by atoms with Crippen molar-refractivity contribution in [2.24, 2.45) is 5.92 Å². The number of hydrogen-bond acceptors (Lipinski definition) is 1. The van der Waals surface area contributed by atoms with Crippen LogP contribution in [0, 0.1) is 5.92 Å². The van der Waals surface area contributed by atoms with Gasteiger partial charge in [-0.3, -0.25) is 0 Å². The molecule has 78 valence electrons. The van der Waals surface area contributed by atoms with Gasteiger partial charge in [0.1, 0.15) is 0 Å². The third-order valence-electron chi connectivity index (χ3n) is 2.78. The highest BCUT2D eigenvalue weighted by Crippen LogP contribution is 2.32. The average Bonchev–Trinajstić information content (AvgIpc) is 2.93.